The molecule has 0 bridgehead atoms. The van der Waals surface area contributed by atoms with E-state index in [9.17, 15) is 0 Å². The predicted octanol–water partition coefficient (Wildman–Crippen LogP) is 3.62. The van der Waals surface area contributed by atoms with Crippen LogP contribution in [0.5, 0.6) is 5.75 Å². The van der Waals surface area contributed by atoms with Crippen molar-refractivity contribution in [2.45, 2.75) is 0 Å². The number of allylic oxidation sites excluding steroid dienone is 2. The number of rotatable bonds is 2. The summed E-state index contributed by atoms with van der Waals surface area (Å²) in [5, 5.41) is 3.21. The van der Waals surface area contributed by atoms with Gasteiger partial charge in [0, 0.05) is 6.07 Å². The van der Waals surface area contributed by atoms with Crippen molar-refractivity contribution >= 4 is 22.9 Å². The molecule has 2 heterocycles. The normalized spacial score (nSPS) is 15.2. The molecule has 1 aliphatic rings. The van der Waals surface area contributed by atoms with Gasteiger partial charge >= 0.3 is 5.89 Å². The Labute approximate surface area is 127 Å². The number of aryl methyl sites for hydroxylation is 1. The number of hydrogen-bond acceptors (Lipinski definition) is 3. The lowest BCUT2D eigenvalue weighted by Crippen LogP contribution is -2.29. The van der Waals surface area contributed by atoms with Gasteiger partial charge in [-0.15, -0.1) is 0 Å². The first-order valence-electron chi connectivity index (χ1n) is 7.11. The lowest BCUT2D eigenvalue weighted by Gasteiger charge is -1.94. The number of nitrogens with zero attached hydrogens (tertiary/aromatic N) is 1. The number of ether oxygens (including phenoxy) is 1. The van der Waals surface area contributed by atoms with Crippen LogP contribution in [0, 0.1) is 0 Å². The van der Waals surface area contributed by atoms with Crippen LogP contribution in [0.1, 0.15) is 5.89 Å². The number of fused-ring (bicyclic) bond motifs is 2. The van der Waals surface area contributed by atoms with Crippen LogP contribution < -0.4 is 14.6 Å². The summed E-state index contributed by atoms with van der Waals surface area (Å²) in [5.74, 6) is 2.33. The smallest absolute Gasteiger partial charge is 0.373 e. The maximum absolute atomic E-state index is 5.81. The van der Waals surface area contributed by atoms with Crippen LogP contribution in [0.2, 0.25) is 0 Å². The molecule has 0 amide bonds. The van der Waals surface area contributed by atoms with Crippen molar-refractivity contribution in [3.05, 3.63) is 72.5 Å². The number of aromatic nitrogens is 1. The van der Waals surface area contributed by atoms with Crippen molar-refractivity contribution in [3.63, 3.8) is 0 Å². The quantitative estimate of drug-likeness (QED) is 0.733. The van der Waals surface area contributed by atoms with Crippen molar-refractivity contribution in [1.82, 2.24) is 0 Å². The third kappa shape index (κ3) is 2.15. The van der Waals surface area contributed by atoms with E-state index >= 15 is 0 Å². The van der Waals surface area contributed by atoms with Crippen LogP contribution in [0.15, 0.2) is 71.0 Å². The minimum atomic E-state index is 0.705. The zero-order valence-electron chi connectivity index (χ0n) is 12.1. The van der Waals surface area contributed by atoms with Crippen LogP contribution in [0.3, 0.4) is 0 Å². The predicted molar refractivity (Wildman–Crippen MR) is 85.2 cm³/mol. The van der Waals surface area contributed by atoms with Crippen molar-refractivity contribution in [3.8, 4) is 5.75 Å². The van der Waals surface area contributed by atoms with Gasteiger partial charge in [-0.3, -0.25) is 0 Å². The molecule has 0 atom stereocenters. The summed E-state index contributed by atoms with van der Waals surface area (Å²) >= 11 is 0. The molecule has 1 N–H and O–H groups in total. The Morgan fingerprint density at radius 1 is 1.05 bits per heavy atom. The average Bonchev–Trinajstić information content (AvgIpc) is 3.09. The van der Waals surface area contributed by atoms with Gasteiger partial charge in [0.25, 0.3) is 5.52 Å². The Morgan fingerprint density at radius 2 is 1.86 bits per heavy atom. The van der Waals surface area contributed by atoms with Gasteiger partial charge in [-0.25, -0.2) is 0 Å². The molecule has 4 heteroatoms. The molecule has 0 aliphatic carbocycles. The maximum Gasteiger partial charge on any atom is 0.373 e. The highest BCUT2D eigenvalue weighted by atomic mass is 16.5. The summed E-state index contributed by atoms with van der Waals surface area (Å²) in [6.07, 6.45) is 5.71. The summed E-state index contributed by atoms with van der Waals surface area (Å²) in [7, 11) is 1.98. The molecular formula is C18H15N2O2+. The second kappa shape index (κ2) is 5.07. The van der Waals surface area contributed by atoms with E-state index in [1.807, 2.05) is 78.4 Å². The van der Waals surface area contributed by atoms with Crippen molar-refractivity contribution in [2.24, 2.45) is 7.05 Å². The molecule has 4 nitrogen and oxygen atoms in total. The maximum atomic E-state index is 5.81. The summed E-state index contributed by atoms with van der Waals surface area (Å²) in [4.78, 5) is 0. The molecule has 22 heavy (non-hydrogen) atoms. The molecular weight excluding hydrogens is 276 g/mol. The fourth-order valence-corrected chi connectivity index (χ4v) is 2.50. The standard InChI is InChI=1S/C18H14N2O2/c1-20-14-8-3-5-10-16(14)22-18(20)12-6-11-17-19-13-7-2-4-9-15(13)21-17/h2-12H,1H3/p+1. The summed E-state index contributed by atoms with van der Waals surface area (Å²) < 4.78 is 13.5. The van der Waals surface area contributed by atoms with Crippen LogP contribution >= 0.6 is 0 Å². The van der Waals surface area contributed by atoms with Crippen molar-refractivity contribution in [1.29, 1.82) is 0 Å². The summed E-state index contributed by atoms with van der Waals surface area (Å²) in [6, 6.07) is 15.8. The molecule has 4 rings (SSSR count). The molecule has 0 fully saturated rings. The second-order valence-corrected chi connectivity index (χ2v) is 5.08. The molecule has 3 aromatic rings. The van der Waals surface area contributed by atoms with Gasteiger partial charge in [-0.1, -0.05) is 24.3 Å². The lowest BCUT2D eigenvalue weighted by atomic mass is 10.3. The fraction of sp³-hybridized carbons (Fsp3) is 0.0556. The number of anilines is 1. The number of nitrogens with one attached hydrogen (secondary N) is 1. The topological polar surface area (TPSA) is 38.3 Å². The average molecular weight is 291 g/mol. The molecule has 2 aromatic carbocycles. The summed E-state index contributed by atoms with van der Waals surface area (Å²) in [5.41, 5.74) is 2.92. The monoisotopic (exact) mass is 291 g/mol. The van der Waals surface area contributed by atoms with Crippen LogP contribution in [0.25, 0.3) is 17.2 Å². The molecule has 1 aromatic heterocycles. The van der Waals surface area contributed by atoms with E-state index in [-0.39, 0.29) is 0 Å². The van der Waals surface area contributed by atoms with E-state index in [1.165, 1.54) is 0 Å². The van der Waals surface area contributed by atoms with Crippen LogP contribution in [0.4, 0.5) is 5.69 Å². The van der Waals surface area contributed by atoms with Gasteiger partial charge in [0.2, 0.25) is 5.58 Å². The first-order chi connectivity index (χ1) is 10.8. The Hall–Kier alpha value is -3.01. The first-order valence-corrected chi connectivity index (χ1v) is 7.11. The highest BCUT2D eigenvalue weighted by molar-refractivity contribution is 5.69. The third-order valence-electron chi connectivity index (χ3n) is 3.62. The molecule has 108 valence electrons. The third-order valence-corrected chi connectivity index (χ3v) is 3.62. The van der Waals surface area contributed by atoms with E-state index in [0.29, 0.717) is 5.88 Å². The molecule has 0 saturated heterocycles. The Kier molecular flexibility index (Phi) is 2.93. The Bertz CT molecular complexity index is 879. The number of hydrogen-bond donors (Lipinski definition) is 1. The number of benzene rings is 2. The second-order valence-electron chi connectivity index (χ2n) is 5.08. The van der Waals surface area contributed by atoms with E-state index in [0.717, 1.165) is 28.4 Å². The minimum absolute atomic E-state index is 0.705. The highest BCUT2D eigenvalue weighted by Crippen LogP contribution is 2.32. The first kappa shape index (κ1) is 12.7. The highest BCUT2D eigenvalue weighted by Gasteiger charge is 2.16. The largest absolute Gasteiger partial charge is 0.439 e. The molecule has 0 radical (unpaired) electrons. The van der Waals surface area contributed by atoms with Gasteiger partial charge in [-0.2, -0.15) is 4.57 Å². The fourth-order valence-electron chi connectivity index (χ4n) is 2.50. The molecule has 0 spiro atoms. The van der Waals surface area contributed by atoms with E-state index < -0.39 is 0 Å². The van der Waals surface area contributed by atoms with Gasteiger partial charge < -0.3 is 14.5 Å². The van der Waals surface area contributed by atoms with E-state index in [1.54, 1.807) is 0 Å². The van der Waals surface area contributed by atoms with Gasteiger partial charge in [0.1, 0.15) is 7.05 Å². The zero-order valence-corrected chi connectivity index (χ0v) is 12.1. The van der Waals surface area contributed by atoms with Crippen LogP contribution in [-0.2, 0) is 7.05 Å². The van der Waals surface area contributed by atoms with Crippen molar-refractivity contribution < 1.29 is 13.7 Å². The zero-order chi connectivity index (χ0) is 14.9. The van der Waals surface area contributed by atoms with Crippen molar-refractivity contribution in [2.75, 3.05) is 5.32 Å². The minimum Gasteiger partial charge on any atom is -0.439 e. The van der Waals surface area contributed by atoms with E-state index in [4.69, 9.17) is 9.15 Å². The Balaban J connectivity index is 1.57. The van der Waals surface area contributed by atoms with Gasteiger partial charge in [-0.05, 0) is 30.4 Å². The number of para-hydroxylation sites is 4. The molecule has 0 unspecified atom stereocenters. The van der Waals surface area contributed by atoms with Gasteiger partial charge in [0.15, 0.2) is 11.6 Å². The lowest BCUT2D eigenvalue weighted by molar-refractivity contribution is -0.652. The number of oxazole rings is 1. The SMILES string of the molecule is C[n+]1c(C=CC=C2Nc3ccccc3O2)oc2ccccc21. The van der Waals surface area contributed by atoms with Crippen LogP contribution in [-0.4, -0.2) is 0 Å². The molecule has 0 saturated carbocycles. The Morgan fingerprint density at radius 3 is 2.73 bits per heavy atom. The molecule has 1 aliphatic heterocycles. The summed E-state index contributed by atoms with van der Waals surface area (Å²) in [6.45, 7) is 0. The van der Waals surface area contributed by atoms with Gasteiger partial charge in [0.05, 0.1) is 11.8 Å². The van der Waals surface area contributed by atoms with E-state index in [2.05, 4.69) is 5.32 Å².